The number of ether oxygens (including phenoxy) is 1. The maximum absolute atomic E-state index is 12.6. The highest BCUT2D eigenvalue weighted by Gasteiger charge is 2.26. The molecule has 0 saturated heterocycles. The van der Waals surface area contributed by atoms with Gasteiger partial charge in [0.25, 0.3) is 0 Å². The SMILES string of the molecule is COc1cc(C)c(S(=O)(=O)NC2CCC(N)CC2)c(C)c1. The lowest BCUT2D eigenvalue weighted by Gasteiger charge is -2.27. The molecule has 6 heteroatoms. The van der Waals surface area contributed by atoms with E-state index >= 15 is 0 Å². The monoisotopic (exact) mass is 312 g/mol. The van der Waals surface area contributed by atoms with Crippen LogP contribution < -0.4 is 15.2 Å². The Bertz CT molecular complexity index is 582. The maximum Gasteiger partial charge on any atom is 0.241 e. The van der Waals surface area contributed by atoms with Gasteiger partial charge in [-0.25, -0.2) is 13.1 Å². The molecule has 0 spiro atoms. The van der Waals surface area contributed by atoms with Gasteiger partial charge in [-0.2, -0.15) is 0 Å². The molecule has 0 radical (unpaired) electrons. The van der Waals surface area contributed by atoms with Crippen LogP contribution in [0.3, 0.4) is 0 Å². The average Bonchev–Trinajstić information content (AvgIpc) is 2.39. The summed E-state index contributed by atoms with van der Waals surface area (Å²) in [7, 11) is -1.93. The van der Waals surface area contributed by atoms with Crippen molar-refractivity contribution in [3.63, 3.8) is 0 Å². The van der Waals surface area contributed by atoms with Gasteiger partial charge in [0.1, 0.15) is 5.75 Å². The Morgan fingerprint density at radius 2 is 1.67 bits per heavy atom. The zero-order valence-corrected chi connectivity index (χ0v) is 13.7. The molecule has 1 aliphatic carbocycles. The van der Waals surface area contributed by atoms with Crippen molar-refractivity contribution in [3.8, 4) is 5.75 Å². The Morgan fingerprint density at radius 3 is 2.14 bits per heavy atom. The van der Waals surface area contributed by atoms with Crippen molar-refractivity contribution in [3.05, 3.63) is 23.3 Å². The summed E-state index contributed by atoms with van der Waals surface area (Å²) < 4.78 is 33.3. The van der Waals surface area contributed by atoms with E-state index < -0.39 is 10.0 Å². The number of sulfonamides is 1. The van der Waals surface area contributed by atoms with Crippen molar-refractivity contribution in [2.45, 2.75) is 56.5 Å². The Labute approximate surface area is 126 Å². The third kappa shape index (κ3) is 3.75. The molecule has 0 unspecified atom stereocenters. The highest BCUT2D eigenvalue weighted by molar-refractivity contribution is 7.89. The number of nitrogens with two attached hydrogens (primary N) is 1. The molecule has 0 atom stereocenters. The third-order valence-corrected chi connectivity index (χ3v) is 5.86. The fourth-order valence-corrected chi connectivity index (χ4v) is 4.73. The van der Waals surface area contributed by atoms with E-state index in [1.165, 1.54) is 0 Å². The first-order valence-electron chi connectivity index (χ1n) is 7.26. The fourth-order valence-electron chi connectivity index (χ4n) is 2.97. The third-order valence-electron chi connectivity index (χ3n) is 4.03. The summed E-state index contributed by atoms with van der Waals surface area (Å²) in [5, 5.41) is 0. The van der Waals surface area contributed by atoms with Crippen LogP contribution in [-0.4, -0.2) is 27.6 Å². The molecule has 0 heterocycles. The molecular weight excluding hydrogens is 288 g/mol. The minimum absolute atomic E-state index is 0.0179. The average molecular weight is 312 g/mol. The number of benzene rings is 1. The van der Waals surface area contributed by atoms with Gasteiger partial charge in [0.05, 0.1) is 12.0 Å². The summed E-state index contributed by atoms with van der Waals surface area (Å²) in [6.07, 6.45) is 3.34. The standard InChI is InChI=1S/C15H24N2O3S/c1-10-8-14(20-3)9-11(2)15(10)21(18,19)17-13-6-4-12(16)5-7-13/h8-9,12-13,17H,4-7,16H2,1-3H3. The summed E-state index contributed by atoms with van der Waals surface area (Å²) in [5.41, 5.74) is 7.26. The molecule has 1 aromatic carbocycles. The lowest BCUT2D eigenvalue weighted by molar-refractivity contribution is 0.373. The van der Waals surface area contributed by atoms with Crippen LogP contribution in [0.2, 0.25) is 0 Å². The normalized spacial score (nSPS) is 23.0. The molecule has 0 bridgehead atoms. The second-order valence-electron chi connectivity index (χ2n) is 5.82. The van der Waals surface area contributed by atoms with Gasteiger partial charge in [-0.3, -0.25) is 0 Å². The van der Waals surface area contributed by atoms with Crippen LogP contribution in [-0.2, 0) is 10.0 Å². The molecule has 5 nitrogen and oxygen atoms in total. The first-order valence-corrected chi connectivity index (χ1v) is 8.75. The molecule has 1 saturated carbocycles. The summed E-state index contributed by atoms with van der Waals surface area (Å²) in [5.74, 6) is 0.674. The maximum atomic E-state index is 12.6. The number of hydrogen-bond acceptors (Lipinski definition) is 4. The van der Waals surface area contributed by atoms with Gasteiger partial charge < -0.3 is 10.5 Å². The molecule has 1 fully saturated rings. The minimum atomic E-state index is -3.51. The van der Waals surface area contributed by atoms with Crippen LogP contribution in [0.25, 0.3) is 0 Å². The molecule has 2 rings (SSSR count). The number of aryl methyl sites for hydroxylation is 2. The van der Waals surface area contributed by atoms with E-state index in [9.17, 15) is 8.42 Å². The van der Waals surface area contributed by atoms with Crippen molar-refractivity contribution in [2.75, 3.05) is 7.11 Å². The van der Waals surface area contributed by atoms with Gasteiger partial charge in [0.2, 0.25) is 10.0 Å². The molecule has 3 N–H and O–H groups in total. The van der Waals surface area contributed by atoms with Crippen LogP contribution >= 0.6 is 0 Å². The summed E-state index contributed by atoms with van der Waals surface area (Å²) in [4.78, 5) is 0.359. The van der Waals surface area contributed by atoms with E-state index in [-0.39, 0.29) is 12.1 Å². The molecule has 0 amide bonds. The summed E-state index contributed by atoms with van der Waals surface area (Å²) in [6.45, 7) is 3.59. The Kier molecular flexibility index (Phi) is 4.91. The van der Waals surface area contributed by atoms with Gasteiger partial charge in [-0.1, -0.05) is 0 Å². The van der Waals surface area contributed by atoms with Gasteiger partial charge in [0.15, 0.2) is 0 Å². The Hall–Kier alpha value is -1.11. The summed E-state index contributed by atoms with van der Waals surface area (Å²) >= 11 is 0. The van der Waals surface area contributed by atoms with Crippen LogP contribution in [0.1, 0.15) is 36.8 Å². The number of methoxy groups -OCH3 is 1. The lowest BCUT2D eigenvalue weighted by Crippen LogP contribution is -2.40. The first kappa shape index (κ1) is 16.3. The topological polar surface area (TPSA) is 81.4 Å². The van der Waals surface area contributed by atoms with Gasteiger partial charge in [0, 0.05) is 12.1 Å². The van der Waals surface area contributed by atoms with Crippen LogP contribution in [0.15, 0.2) is 17.0 Å². The van der Waals surface area contributed by atoms with E-state index in [0.29, 0.717) is 21.8 Å². The van der Waals surface area contributed by atoms with Gasteiger partial charge in [-0.15, -0.1) is 0 Å². The van der Waals surface area contributed by atoms with E-state index in [0.717, 1.165) is 25.7 Å². The van der Waals surface area contributed by atoms with E-state index in [1.54, 1.807) is 33.1 Å². The van der Waals surface area contributed by atoms with E-state index in [1.807, 2.05) is 0 Å². The quantitative estimate of drug-likeness (QED) is 0.889. The fraction of sp³-hybridized carbons (Fsp3) is 0.600. The summed E-state index contributed by atoms with van der Waals surface area (Å²) in [6, 6.07) is 3.68. The zero-order valence-electron chi connectivity index (χ0n) is 12.8. The van der Waals surface area contributed by atoms with Gasteiger partial charge in [-0.05, 0) is 62.8 Å². The molecule has 1 aliphatic rings. The Balaban J connectivity index is 2.24. The molecule has 1 aromatic rings. The molecule has 118 valence electrons. The van der Waals surface area contributed by atoms with Crippen LogP contribution in [0.5, 0.6) is 5.75 Å². The predicted octanol–water partition coefficient (Wildman–Crippen LogP) is 1.86. The van der Waals surface area contributed by atoms with Crippen molar-refractivity contribution < 1.29 is 13.2 Å². The first-order chi connectivity index (χ1) is 9.83. The van der Waals surface area contributed by atoms with Crippen molar-refractivity contribution in [1.82, 2.24) is 4.72 Å². The van der Waals surface area contributed by atoms with Crippen LogP contribution in [0, 0.1) is 13.8 Å². The zero-order chi connectivity index (χ0) is 15.6. The lowest BCUT2D eigenvalue weighted by atomic mass is 9.93. The number of nitrogens with one attached hydrogen (secondary N) is 1. The molecule has 0 aliphatic heterocycles. The smallest absolute Gasteiger partial charge is 0.241 e. The predicted molar refractivity (Wildman–Crippen MR) is 83.0 cm³/mol. The number of rotatable bonds is 4. The van der Waals surface area contributed by atoms with Crippen molar-refractivity contribution in [1.29, 1.82) is 0 Å². The van der Waals surface area contributed by atoms with Gasteiger partial charge >= 0.3 is 0 Å². The molecule has 0 aromatic heterocycles. The second-order valence-corrected chi connectivity index (χ2v) is 7.47. The van der Waals surface area contributed by atoms with Crippen LogP contribution in [0.4, 0.5) is 0 Å². The van der Waals surface area contributed by atoms with Crippen molar-refractivity contribution in [2.24, 2.45) is 5.73 Å². The molecule has 21 heavy (non-hydrogen) atoms. The van der Waals surface area contributed by atoms with E-state index in [4.69, 9.17) is 10.5 Å². The van der Waals surface area contributed by atoms with Crippen molar-refractivity contribution >= 4 is 10.0 Å². The molecular formula is C15H24N2O3S. The largest absolute Gasteiger partial charge is 0.497 e. The van der Waals surface area contributed by atoms with E-state index in [2.05, 4.69) is 4.72 Å². The second kappa shape index (κ2) is 6.34. The number of hydrogen-bond donors (Lipinski definition) is 2. The minimum Gasteiger partial charge on any atom is -0.497 e. The Morgan fingerprint density at radius 1 is 1.14 bits per heavy atom. The highest BCUT2D eigenvalue weighted by Crippen LogP contribution is 2.27. The highest BCUT2D eigenvalue weighted by atomic mass is 32.2.